The number of hydrogen-bond acceptors (Lipinski definition) is 7. The van der Waals surface area contributed by atoms with Crippen molar-refractivity contribution in [2.24, 2.45) is 0 Å². The average Bonchev–Trinajstić information content (AvgIpc) is 3.26. The predicted octanol–water partition coefficient (Wildman–Crippen LogP) is 2.99. The number of likely N-dealkylation sites (N-methyl/N-ethyl adjacent to an activating group) is 2. The van der Waals surface area contributed by atoms with Gasteiger partial charge in [0.2, 0.25) is 17.7 Å². The van der Waals surface area contributed by atoms with Crippen LogP contribution in [0.2, 0.25) is 0 Å². The molecule has 1 fully saturated rings. The van der Waals surface area contributed by atoms with E-state index in [-0.39, 0.29) is 11.9 Å². The number of benzene rings is 1. The second-order valence-electron chi connectivity index (χ2n) is 8.12. The normalized spacial score (nSPS) is 16.9. The van der Waals surface area contributed by atoms with Crippen LogP contribution in [0.1, 0.15) is 11.6 Å². The zero-order chi connectivity index (χ0) is 22.9. The Bertz CT molecular complexity index is 1280. The summed E-state index contributed by atoms with van der Waals surface area (Å²) in [6, 6.07) is 15.3. The fourth-order valence-electron chi connectivity index (χ4n) is 4.05. The first-order valence-electron chi connectivity index (χ1n) is 10.7. The molecule has 0 radical (unpaired) electrons. The van der Waals surface area contributed by atoms with E-state index in [0.29, 0.717) is 11.8 Å². The molecule has 168 valence electrons. The van der Waals surface area contributed by atoms with Gasteiger partial charge in [-0.3, -0.25) is 9.69 Å². The average molecular weight is 444 g/mol. The van der Waals surface area contributed by atoms with Crippen molar-refractivity contribution in [3.8, 4) is 17.1 Å². The maximum atomic E-state index is 12.6. The number of piperazine rings is 1. The summed E-state index contributed by atoms with van der Waals surface area (Å²) in [5.74, 6) is 1.15. The predicted molar refractivity (Wildman–Crippen MR) is 126 cm³/mol. The van der Waals surface area contributed by atoms with Gasteiger partial charge in [0.15, 0.2) is 0 Å². The number of amides is 1. The Morgan fingerprint density at radius 1 is 0.970 bits per heavy atom. The lowest BCUT2D eigenvalue weighted by Gasteiger charge is -2.37. The summed E-state index contributed by atoms with van der Waals surface area (Å²) in [6.07, 6.45) is 3.53. The van der Waals surface area contributed by atoms with Gasteiger partial charge < -0.3 is 15.0 Å². The Balaban J connectivity index is 1.38. The molecule has 9 heteroatoms. The van der Waals surface area contributed by atoms with E-state index in [2.05, 4.69) is 25.3 Å². The molecular formula is C24H25N7O2. The molecule has 5 rings (SSSR count). The van der Waals surface area contributed by atoms with Crippen LogP contribution in [0, 0.1) is 0 Å². The third-order valence-electron chi connectivity index (χ3n) is 5.96. The Morgan fingerprint density at radius 3 is 2.52 bits per heavy atom. The molecule has 1 N–H and O–H groups in total. The number of methoxy groups -OCH3 is 1. The number of carbonyl (C=O) groups excluding carboxylic acids is 1. The van der Waals surface area contributed by atoms with Gasteiger partial charge in [-0.25, -0.2) is 14.5 Å². The smallest absolute Gasteiger partial charge is 0.245 e. The number of anilines is 2. The zero-order valence-corrected chi connectivity index (χ0v) is 18.8. The highest BCUT2D eigenvalue weighted by Gasteiger charge is 2.31. The van der Waals surface area contributed by atoms with E-state index in [1.807, 2.05) is 67.1 Å². The number of aromatic nitrogens is 4. The highest BCUT2D eigenvalue weighted by molar-refractivity contribution is 5.84. The molecule has 33 heavy (non-hydrogen) atoms. The van der Waals surface area contributed by atoms with Crippen molar-refractivity contribution >= 4 is 23.1 Å². The number of pyridine rings is 1. The first-order chi connectivity index (χ1) is 16.0. The lowest BCUT2D eigenvalue weighted by Crippen LogP contribution is -2.48. The fraction of sp³-hybridized carbons (Fsp3) is 0.250. The Labute approximate surface area is 191 Å². The Hall–Kier alpha value is -3.98. The molecule has 4 heterocycles. The third-order valence-corrected chi connectivity index (χ3v) is 5.96. The molecule has 1 aliphatic heterocycles. The quantitative estimate of drug-likeness (QED) is 0.507. The summed E-state index contributed by atoms with van der Waals surface area (Å²) >= 11 is 0. The van der Waals surface area contributed by atoms with Crippen molar-refractivity contribution in [2.45, 2.75) is 6.04 Å². The number of ether oxygens (including phenoxy) is 1. The van der Waals surface area contributed by atoms with Gasteiger partial charge in [-0.15, -0.1) is 5.10 Å². The number of hydrogen-bond donors (Lipinski definition) is 1. The minimum Gasteiger partial charge on any atom is -0.481 e. The van der Waals surface area contributed by atoms with Gasteiger partial charge in [0.1, 0.15) is 6.04 Å². The summed E-state index contributed by atoms with van der Waals surface area (Å²) in [7, 11) is 5.43. The van der Waals surface area contributed by atoms with Gasteiger partial charge in [-0.05, 0) is 42.9 Å². The molecule has 1 unspecified atom stereocenters. The van der Waals surface area contributed by atoms with Crippen LogP contribution in [0.3, 0.4) is 0 Å². The van der Waals surface area contributed by atoms with E-state index in [4.69, 9.17) is 4.74 Å². The summed E-state index contributed by atoms with van der Waals surface area (Å²) < 4.78 is 6.98. The molecule has 1 aromatic carbocycles. The van der Waals surface area contributed by atoms with Gasteiger partial charge in [0, 0.05) is 43.7 Å². The van der Waals surface area contributed by atoms with E-state index >= 15 is 0 Å². The lowest BCUT2D eigenvalue weighted by molar-refractivity contribution is -0.139. The molecule has 0 bridgehead atoms. The highest BCUT2D eigenvalue weighted by atomic mass is 16.5. The zero-order valence-electron chi connectivity index (χ0n) is 18.8. The van der Waals surface area contributed by atoms with E-state index in [1.54, 1.807) is 24.4 Å². The first-order valence-corrected chi connectivity index (χ1v) is 10.7. The molecule has 1 amide bonds. The van der Waals surface area contributed by atoms with Crippen molar-refractivity contribution in [1.82, 2.24) is 29.4 Å². The van der Waals surface area contributed by atoms with Crippen LogP contribution < -0.4 is 10.1 Å². The molecular weight excluding hydrogens is 418 g/mol. The fourth-order valence-corrected chi connectivity index (χ4v) is 4.05. The Kier molecular flexibility index (Phi) is 5.39. The summed E-state index contributed by atoms with van der Waals surface area (Å²) in [4.78, 5) is 25.2. The van der Waals surface area contributed by atoms with Crippen molar-refractivity contribution in [2.75, 3.05) is 39.6 Å². The van der Waals surface area contributed by atoms with E-state index in [0.717, 1.165) is 41.1 Å². The van der Waals surface area contributed by atoms with E-state index in [9.17, 15) is 4.79 Å². The molecule has 0 aliphatic carbocycles. The van der Waals surface area contributed by atoms with Crippen molar-refractivity contribution in [3.63, 3.8) is 0 Å². The van der Waals surface area contributed by atoms with Crippen molar-refractivity contribution in [1.29, 1.82) is 0 Å². The topological polar surface area (TPSA) is 87.9 Å². The van der Waals surface area contributed by atoms with Gasteiger partial charge in [-0.1, -0.05) is 12.1 Å². The highest BCUT2D eigenvalue weighted by Crippen LogP contribution is 2.27. The molecule has 3 aromatic heterocycles. The Morgan fingerprint density at radius 2 is 1.79 bits per heavy atom. The van der Waals surface area contributed by atoms with Gasteiger partial charge in [0.05, 0.1) is 24.5 Å². The number of nitrogens with one attached hydrogen (secondary N) is 1. The maximum Gasteiger partial charge on any atom is 0.245 e. The molecule has 1 aliphatic rings. The van der Waals surface area contributed by atoms with Crippen LogP contribution in [0.25, 0.3) is 16.8 Å². The maximum absolute atomic E-state index is 12.6. The van der Waals surface area contributed by atoms with E-state index in [1.165, 1.54) is 0 Å². The standard InChI is InChI=1S/C24H25N7O2/c1-29-12-13-30(2)23(32)22(29)16-4-7-18(8-5-16)27-24-26-15-19-9-10-20(31(19)28-24)17-6-11-21(33-3)25-14-17/h4-11,14-15,22H,12-13H2,1-3H3,(H,27,28). The minimum absolute atomic E-state index is 0.117. The second kappa shape index (κ2) is 8.51. The molecule has 1 saturated heterocycles. The summed E-state index contributed by atoms with van der Waals surface area (Å²) in [6.45, 7) is 1.60. The number of rotatable bonds is 5. The molecule has 0 saturated carbocycles. The van der Waals surface area contributed by atoms with Crippen LogP contribution in [0.15, 0.2) is 60.9 Å². The van der Waals surface area contributed by atoms with Gasteiger partial charge in [0.25, 0.3) is 0 Å². The van der Waals surface area contributed by atoms with Gasteiger partial charge >= 0.3 is 0 Å². The largest absolute Gasteiger partial charge is 0.481 e. The third kappa shape index (κ3) is 3.98. The first kappa shape index (κ1) is 20.9. The molecule has 1 atom stereocenters. The van der Waals surface area contributed by atoms with Crippen LogP contribution >= 0.6 is 0 Å². The van der Waals surface area contributed by atoms with Gasteiger partial charge in [-0.2, -0.15) is 0 Å². The van der Waals surface area contributed by atoms with Crippen molar-refractivity contribution in [3.05, 3.63) is 66.5 Å². The number of fused-ring (bicyclic) bond motifs is 1. The van der Waals surface area contributed by atoms with Crippen molar-refractivity contribution < 1.29 is 9.53 Å². The SMILES string of the molecule is COc1ccc(-c2ccc3cnc(Nc4ccc(C5C(=O)N(C)CCN5C)cc4)nn23)cn1. The second-order valence-corrected chi connectivity index (χ2v) is 8.12. The number of carbonyl (C=O) groups is 1. The minimum atomic E-state index is -0.258. The summed E-state index contributed by atoms with van der Waals surface area (Å²) in [5.41, 5.74) is 4.53. The van der Waals surface area contributed by atoms with Crippen LogP contribution in [0.5, 0.6) is 5.88 Å². The van der Waals surface area contributed by atoms with E-state index < -0.39 is 0 Å². The van der Waals surface area contributed by atoms with Crippen LogP contribution in [-0.4, -0.2) is 69.6 Å². The molecule has 4 aromatic rings. The summed E-state index contributed by atoms with van der Waals surface area (Å²) in [5, 5.41) is 7.92. The monoisotopic (exact) mass is 443 g/mol. The molecule has 0 spiro atoms. The number of nitrogens with zero attached hydrogens (tertiary/aromatic N) is 6. The molecule has 9 nitrogen and oxygen atoms in total. The lowest BCUT2D eigenvalue weighted by atomic mass is 10.0. The van der Waals surface area contributed by atoms with Crippen LogP contribution in [-0.2, 0) is 4.79 Å². The van der Waals surface area contributed by atoms with Crippen LogP contribution in [0.4, 0.5) is 11.6 Å².